The van der Waals surface area contributed by atoms with E-state index in [2.05, 4.69) is 100 Å². The average Bonchev–Trinajstić information content (AvgIpc) is 3.42. The Hall–Kier alpha value is -4.32. The average molecular weight is 663 g/mol. The summed E-state index contributed by atoms with van der Waals surface area (Å²) in [4.78, 5) is 32.5. The molecule has 2 aliphatic carbocycles. The minimum atomic E-state index is -0.0493. The molecule has 4 aromatic rings. The summed E-state index contributed by atoms with van der Waals surface area (Å²) in [5, 5.41) is 23.8. The van der Waals surface area contributed by atoms with Gasteiger partial charge in [0.2, 0.25) is 0 Å². The Labute approximate surface area is 284 Å². The minimum Gasteiger partial charge on any atom is -0.497 e. The van der Waals surface area contributed by atoms with Gasteiger partial charge >= 0.3 is 12.3 Å². The fourth-order valence-corrected chi connectivity index (χ4v) is 8.52. The molecule has 0 fully saturated rings. The number of aryl methyl sites for hydroxylation is 1. The second kappa shape index (κ2) is 14.0. The van der Waals surface area contributed by atoms with E-state index in [9.17, 15) is 10.4 Å². The number of aromatic nitrogens is 2. The van der Waals surface area contributed by atoms with Crippen molar-refractivity contribution in [2.75, 3.05) is 7.11 Å². The highest BCUT2D eigenvalue weighted by molar-refractivity contribution is 5.88. The van der Waals surface area contributed by atoms with Crippen LogP contribution in [0.5, 0.6) is 5.75 Å². The summed E-state index contributed by atoms with van der Waals surface area (Å²) >= 11 is 0. The zero-order valence-corrected chi connectivity index (χ0v) is 29.9. The van der Waals surface area contributed by atoms with Crippen LogP contribution in [0.15, 0.2) is 36.4 Å². The van der Waals surface area contributed by atoms with Gasteiger partial charge in [0.15, 0.2) is 0 Å². The molecular formula is C39H54N2O7. The van der Waals surface area contributed by atoms with Gasteiger partial charge in [0, 0.05) is 27.7 Å². The maximum atomic E-state index is 10.7. The van der Waals surface area contributed by atoms with E-state index in [1.54, 1.807) is 7.11 Å². The minimum absolute atomic E-state index is 0. The van der Waals surface area contributed by atoms with Gasteiger partial charge in [-0.3, -0.25) is 0 Å². The zero-order chi connectivity index (χ0) is 35.9. The normalized spacial score (nSPS) is 20.3. The Kier molecular flexibility index (Phi) is 11.7. The molecule has 0 saturated carbocycles. The quantitative estimate of drug-likeness (QED) is 0.195. The van der Waals surface area contributed by atoms with E-state index in [0.717, 1.165) is 46.4 Å². The summed E-state index contributed by atoms with van der Waals surface area (Å²) in [7, 11) is 1.65. The van der Waals surface area contributed by atoms with Crippen molar-refractivity contribution in [1.82, 2.24) is 9.46 Å². The maximum absolute atomic E-state index is 10.7. The lowest BCUT2D eigenvalue weighted by Crippen LogP contribution is -2.38. The van der Waals surface area contributed by atoms with Gasteiger partial charge in [-0.2, -0.15) is 28.6 Å². The van der Waals surface area contributed by atoms with Crippen molar-refractivity contribution < 1.29 is 34.3 Å². The largest absolute Gasteiger partial charge is 0.497 e. The van der Waals surface area contributed by atoms with Gasteiger partial charge in [-0.1, -0.05) is 88.8 Å². The van der Waals surface area contributed by atoms with Gasteiger partial charge < -0.3 is 15.2 Å². The molecule has 0 saturated heterocycles. The first-order chi connectivity index (χ1) is 21.7. The van der Waals surface area contributed by atoms with Crippen LogP contribution in [0.4, 0.5) is 0 Å². The van der Waals surface area contributed by atoms with Gasteiger partial charge in [0.1, 0.15) is 5.75 Å². The summed E-state index contributed by atoms with van der Waals surface area (Å²) < 4.78 is 8.14. The molecule has 0 radical (unpaired) electrons. The number of fused-ring (bicyclic) bond motifs is 6. The first kappa shape index (κ1) is 39.9. The third kappa shape index (κ3) is 6.94. The first-order valence-corrected chi connectivity index (χ1v) is 15.9. The summed E-state index contributed by atoms with van der Waals surface area (Å²) in [6, 6.07) is 12.4. The summed E-state index contributed by atoms with van der Waals surface area (Å²) in [5.74, 6) is 1.63. The SMILES string of the molecule is C.COc1ccc2c3c(n(O)c2c1)C(C)(C)CC(C)(C)C3C.Cc1ccc2c3c(n(O)c2c1)C(C)(C)CC(C)(C)C3C.O=C=O.O=C=O. The van der Waals surface area contributed by atoms with Crippen LogP contribution in [0.25, 0.3) is 21.8 Å². The predicted octanol–water partition coefficient (Wildman–Crippen LogP) is 9.17. The molecule has 0 amide bonds. The van der Waals surface area contributed by atoms with Crippen molar-refractivity contribution in [2.45, 2.75) is 119 Å². The molecule has 0 bridgehead atoms. The number of rotatable bonds is 1. The Morgan fingerprint density at radius 3 is 1.42 bits per heavy atom. The van der Waals surface area contributed by atoms with Crippen LogP contribution in [-0.2, 0) is 30.0 Å². The monoisotopic (exact) mass is 662 g/mol. The van der Waals surface area contributed by atoms with E-state index in [1.165, 1.54) is 31.5 Å². The van der Waals surface area contributed by atoms with Crippen LogP contribution in [0.2, 0.25) is 0 Å². The van der Waals surface area contributed by atoms with Crippen molar-refractivity contribution in [2.24, 2.45) is 10.8 Å². The van der Waals surface area contributed by atoms with Gasteiger partial charge in [-0.15, -0.1) is 0 Å². The molecule has 2 N–H and O–H groups in total. The van der Waals surface area contributed by atoms with E-state index < -0.39 is 0 Å². The molecule has 2 aromatic heterocycles. The van der Waals surface area contributed by atoms with Gasteiger partial charge in [-0.05, 0) is 77.3 Å². The topological polar surface area (TPSA) is 128 Å². The highest BCUT2D eigenvalue weighted by Crippen LogP contribution is 2.56. The molecular weight excluding hydrogens is 608 g/mol. The van der Waals surface area contributed by atoms with E-state index in [4.69, 9.17) is 23.9 Å². The zero-order valence-electron chi connectivity index (χ0n) is 29.9. The Morgan fingerprint density at radius 1 is 0.688 bits per heavy atom. The van der Waals surface area contributed by atoms with Crippen molar-refractivity contribution >= 4 is 34.1 Å². The fraction of sp³-hybridized carbons (Fsp3) is 0.538. The number of hydrogen-bond donors (Lipinski definition) is 2. The summed E-state index contributed by atoms with van der Waals surface area (Å²) in [6.07, 6.45) is 2.65. The van der Waals surface area contributed by atoms with Crippen LogP contribution in [-0.4, -0.2) is 39.3 Å². The second-order valence-electron chi connectivity index (χ2n) is 15.8. The van der Waals surface area contributed by atoms with Crippen LogP contribution >= 0.6 is 0 Å². The molecule has 9 heteroatoms. The highest BCUT2D eigenvalue weighted by atomic mass is 16.5. The molecule has 48 heavy (non-hydrogen) atoms. The number of benzene rings is 2. The first-order valence-electron chi connectivity index (χ1n) is 15.9. The lowest BCUT2D eigenvalue weighted by molar-refractivity contribution is -0.193. The molecule has 6 rings (SSSR count). The fourth-order valence-electron chi connectivity index (χ4n) is 8.52. The van der Waals surface area contributed by atoms with Crippen LogP contribution < -0.4 is 4.74 Å². The number of carbonyl (C=O) groups excluding carboxylic acids is 4. The van der Waals surface area contributed by atoms with Gasteiger partial charge in [-0.25, -0.2) is 0 Å². The predicted molar refractivity (Wildman–Crippen MR) is 186 cm³/mol. The van der Waals surface area contributed by atoms with Crippen LogP contribution in [0.3, 0.4) is 0 Å². The van der Waals surface area contributed by atoms with Crippen molar-refractivity contribution in [1.29, 1.82) is 0 Å². The summed E-state index contributed by atoms with van der Waals surface area (Å²) in [6.45, 7) is 24.9. The number of nitrogens with zero attached hydrogens (tertiary/aromatic N) is 2. The maximum Gasteiger partial charge on any atom is 0.373 e. The third-order valence-electron chi connectivity index (χ3n) is 10.6. The second-order valence-corrected chi connectivity index (χ2v) is 15.8. The Bertz CT molecular complexity index is 1830. The molecule has 9 nitrogen and oxygen atoms in total. The van der Waals surface area contributed by atoms with Crippen molar-refractivity contribution in [3.63, 3.8) is 0 Å². The summed E-state index contributed by atoms with van der Waals surface area (Å²) in [5.41, 5.74) is 8.17. The Balaban J connectivity index is 0.000000282. The molecule has 2 aliphatic rings. The number of hydrogen-bond acceptors (Lipinski definition) is 7. The van der Waals surface area contributed by atoms with E-state index >= 15 is 0 Å². The third-order valence-corrected chi connectivity index (χ3v) is 10.6. The number of methoxy groups -OCH3 is 1. The lowest BCUT2D eigenvalue weighted by atomic mass is 9.59. The van der Waals surface area contributed by atoms with Crippen molar-refractivity contribution in [3.8, 4) is 5.75 Å². The Morgan fingerprint density at radius 2 is 1.04 bits per heavy atom. The highest BCUT2D eigenvalue weighted by Gasteiger charge is 2.47. The molecule has 262 valence electrons. The van der Waals surface area contributed by atoms with Gasteiger partial charge in [0.05, 0.1) is 29.5 Å². The molecule has 2 heterocycles. The molecule has 2 unspecified atom stereocenters. The van der Waals surface area contributed by atoms with Gasteiger partial charge in [0.25, 0.3) is 0 Å². The van der Waals surface area contributed by atoms with Crippen molar-refractivity contribution in [3.05, 3.63) is 64.5 Å². The number of ether oxygens (including phenoxy) is 1. The molecule has 0 spiro atoms. The molecule has 2 atom stereocenters. The standard InChI is InChI=1S/C18H25NO2.C18H25NO.2CO2.CH4/c1-11-15-13-8-7-12(21-6)9-14(13)19(20)16(15)18(4,5)10-17(11,2)3;1-11-7-8-13-14(9-11)19(20)16-15(13)12(2)17(3,4)10-18(16,5)6;2*2-1-3;/h7-9,11,20H,10H2,1-6H3;7-9,12,20H,10H2,1-6H3;;;1H4. The molecule has 0 aliphatic heterocycles. The van der Waals surface area contributed by atoms with E-state index in [1.807, 2.05) is 12.1 Å². The van der Waals surface area contributed by atoms with Crippen LogP contribution in [0, 0.1) is 17.8 Å². The smallest absolute Gasteiger partial charge is 0.373 e. The lowest BCUT2D eigenvalue weighted by Gasteiger charge is -2.45. The van der Waals surface area contributed by atoms with Crippen LogP contribution in [0.1, 0.15) is 129 Å². The molecule has 2 aromatic carbocycles. The van der Waals surface area contributed by atoms with E-state index in [0.29, 0.717) is 11.8 Å². The van der Waals surface area contributed by atoms with E-state index in [-0.39, 0.29) is 41.4 Å².